The number of likely N-dealkylation sites (tertiary alicyclic amines) is 1. The van der Waals surface area contributed by atoms with Gasteiger partial charge in [-0.15, -0.1) is 0 Å². The highest BCUT2D eigenvalue weighted by molar-refractivity contribution is 5.99. The van der Waals surface area contributed by atoms with Gasteiger partial charge in [0.1, 0.15) is 30.2 Å². The van der Waals surface area contributed by atoms with Gasteiger partial charge in [0, 0.05) is 55.9 Å². The normalized spacial score (nSPS) is 21.2. The molecule has 0 radical (unpaired) electrons. The number of carbonyl (C=O) groups excluding carboxylic acids is 8. The number of nitrogens with two attached hydrogens (primary N) is 5. The molecular weight excluding hydrogens is 1110 g/mol. The van der Waals surface area contributed by atoms with Crippen molar-refractivity contribution < 1.29 is 63.6 Å². The third-order valence-electron chi connectivity index (χ3n) is 16.1. The van der Waals surface area contributed by atoms with E-state index in [2.05, 4.69) is 48.8 Å². The first kappa shape index (κ1) is 74.4. The topological polar surface area (TPSA) is 469 Å². The molecule has 0 aromatic carbocycles. The molecule has 2 saturated heterocycles. The molecule has 3 rings (SSSR count). The maximum Gasteiger partial charge on any atom is 0.321 e. The average Bonchev–Trinajstić information content (AvgIpc) is 3.88. The van der Waals surface area contributed by atoms with Crippen molar-refractivity contribution in [1.82, 2.24) is 46.8 Å². The minimum absolute atomic E-state index is 0.102. The fraction of sp³-hybridized carbons (Fsp3) is 0.797. The van der Waals surface area contributed by atoms with E-state index >= 15 is 0 Å². The number of aliphatic carboxylic acids is 1. The van der Waals surface area contributed by atoms with E-state index in [4.69, 9.17) is 28.7 Å². The molecule has 3 heterocycles. The second kappa shape index (κ2) is 41.3. The van der Waals surface area contributed by atoms with Crippen LogP contribution in [0.15, 0.2) is 12.5 Å². The van der Waals surface area contributed by atoms with Crippen LogP contribution in [-0.2, 0) is 49.6 Å². The summed E-state index contributed by atoms with van der Waals surface area (Å²) in [6, 6.07) is -9.35. The zero-order chi connectivity index (χ0) is 63.6. The van der Waals surface area contributed by atoms with E-state index in [0.717, 1.165) is 70.6 Å². The molecule has 2 fully saturated rings. The van der Waals surface area contributed by atoms with E-state index in [1.54, 1.807) is 0 Å². The zero-order valence-corrected chi connectivity index (χ0v) is 51.0. The number of nitrogens with zero attached hydrogens (tertiary/aromatic N) is 2. The highest BCUT2D eigenvalue weighted by atomic mass is 16.4. The number of hydrogen-bond acceptors (Lipinski definition) is 17. The SMILES string of the molecule is CC(N)CCCCCCCC(N)CCCCCCCC(N)CCCCCCCC(O)CCNC(=O)CC(O)CC(O)C1CCCN1C(=O)C1NC(=O)C(CC(N)=O)NC(=O)C(NC(=O)[C@H](Cc2cnc[nH]2)NC(=O)CC(N)C(=O)O)CC(=O)NC1C. The molecule has 0 saturated carbocycles. The van der Waals surface area contributed by atoms with Crippen molar-refractivity contribution in [2.45, 2.75) is 285 Å². The molecule has 86 heavy (non-hydrogen) atoms. The van der Waals surface area contributed by atoms with Gasteiger partial charge in [0.15, 0.2) is 0 Å². The van der Waals surface area contributed by atoms with Crippen LogP contribution in [0.1, 0.15) is 206 Å². The van der Waals surface area contributed by atoms with Gasteiger partial charge in [0.2, 0.25) is 47.3 Å². The number of imidazole rings is 1. The molecule has 0 bridgehead atoms. The predicted octanol–water partition coefficient (Wildman–Crippen LogP) is 0.0313. The van der Waals surface area contributed by atoms with E-state index < -0.39 is 133 Å². The molecule has 1 aromatic heterocycles. The van der Waals surface area contributed by atoms with Crippen molar-refractivity contribution in [2.24, 2.45) is 28.7 Å². The molecule has 27 nitrogen and oxygen atoms in total. The van der Waals surface area contributed by atoms with E-state index in [9.17, 15) is 63.6 Å². The zero-order valence-electron chi connectivity index (χ0n) is 51.0. The smallest absolute Gasteiger partial charge is 0.321 e. The van der Waals surface area contributed by atoms with Crippen LogP contribution in [0.25, 0.3) is 0 Å². The Bertz CT molecular complexity index is 2210. The molecule has 27 heteroatoms. The van der Waals surface area contributed by atoms with Gasteiger partial charge in [-0.3, -0.25) is 43.2 Å². The molecule has 21 N–H and O–H groups in total. The van der Waals surface area contributed by atoms with Gasteiger partial charge >= 0.3 is 5.97 Å². The number of carboxylic acid groups (broad SMARTS) is 1. The Morgan fingerprint density at radius 1 is 0.721 bits per heavy atom. The number of primary amides is 1. The number of hydrogen-bond donors (Lipinski definition) is 16. The maximum absolute atomic E-state index is 14.4. The van der Waals surface area contributed by atoms with Crippen LogP contribution < -0.4 is 60.6 Å². The molecular formula is C59H106N14O13. The number of aromatic nitrogens is 2. The van der Waals surface area contributed by atoms with E-state index in [0.29, 0.717) is 37.0 Å². The second-order valence-electron chi connectivity index (χ2n) is 24.1. The molecule has 0 spiro atoms. The number of carboxylic acids is 1. The van der Waals surface area contributed by atoms with E-state index in [1.165, 1.54) is 82.1 Å². The highest BCUT2D eigenvalue weighted by Crippen LogP contribution is 2.25. The van der Waals surface area contributed by atoms with Crippen LogP contribution in [0, 0.1) is 0 Å². The predicted molar refractivity (Wildman–Crippen MR) is 322 cm³/mol. The summed E-state index contributed by atoms with van der Waals surface area (Å²) in [7, 11) is 0. The van der Waals surface area contributed by atoms with Crippen molar-refractivity contribution in [3.8, 4) is 0 Å². The standard InChI is InChI=1S/C59H106N14O13/c1-37(60)19-12-6-3-7-13-20-39(61)21-14-8-4-9-15-22-40(62)23-16-10-5-11-17-24-42(74)26-27-66-51(78)31-43(75)30-49(76)48-25-18-28-73(48)58(84)54-38(2)68-53(80)34-47(56(82)70-46(33-50(64)77)57(83)72-54)71-55(81)45(29-41-35-65-36-67-41)69-52(79)32-44(63)59(85)86/h35-40,42-49,54,74-76H,3-34,60-63H2,1-2H3,(H2,64,77)(H,65,67)(H,66,78)(H,68,80)(H,69,79)(H,70,82)(H,71,81)(H,72,83)(H,85,86)/t37?,38?,39?,40?,42?,43?,44?,45-,46?,47?,48?,49?,54?/m0/s1. The van der Waals surface area contributed by atoms with Gasteiger partial charge in [-0.1, -0.05) is 96.3 Å². The summed E-state index contributed by atoms with van der Waals surface area (Å²) in [6.07, 6.45) is 20.6. The largest absolute Gasteiger partial charge is 0.480 e. The summed E-state index contributed by atoms with van der Waals surface area (Å²) in [6.45, 7) is 3.75. The number of H-pyrrole nitrogens is 1. The summed E-state index contributed by atoms with van der Waals surface area (Å²) in [4.78, 5) is 126. The van der Waals surface area contributed by atoms with Gasteiger partial charge in [0.25, 0.3) is 0 Å². The molecule has 2 aliphatic heterocycles. The number of carbonyl (C=O) groups is 9. The average molecular weight is 1220 g/mol. The molecule has 13 atom stereocenters. The lowest BCUT2D eigenvalue weighted by molar-refractivity contribution is -0.141. The van der Waals surface area contributed by atoms with Gasteiger partial charge in [0.05, 0.1) is 62.4 Å². The Kier molecular flexibility index (Phi) is 35.8. The molecule has 1 aromatic rings. The van der Waals surface area contributed by atoms with Gasteiger partial charge in [-0.05, 0) is 71.6 Å². The number of nitrogens with one attached hydrogen (secondary N) is 7. The molecule has 12 unspecified atom stereocenters. The number of amides is 8. The van der Waals surface area contributed by atoms with Gasteiger partial charge < -0.3 is 90.9 Å². The fourth-order valence-corrected chi connectivity index (χ4v) is 11.1. The molecule has 0 aliphatic carbocycles. The number of unbranched alkanes of at least 4 members (excludes halogenated alkanes) is 12. The number of rotatable bonds is 43. The summed E-state index contributed by atoms with van der Waals surface area (Å²) in [5.41, 5.74) is 29.9. The van der Waals surface area contributed by atoms with Gasteiger partial charge in [-0.25, -0.2) is 4.98 Å². The fourth-order valence-electron chi connectivity index (χ4n) is 11.1. The summed E-state index contributed by atoms with van der Waals surface area (Å²) in [5.74, 6) is -8.76. The first-order chi connectivity index (χ1) is 40.9. The van der Waals surface area contributed by atoms with Crippen LogP contribution >= 0.6 is 0 Å². The van der Waals surface area contributed by atoms with Crippen molar-refractivity contribution >= 4 is 53.2 Å². The third kappa shape index (κ3) is 30.7. The first-order valence-corrected chi connectivity index (χ1v) is 31.6. The first-order valence-electron chi connectivity index (χ1n) is 31.6. The van der Waals surface area contributed by atoms with Crippen molar-refractivity contribution in [2.75, 3.05) is 13.1 Å². The summed E-state index contributed by atoms with van der Waals surface area (Å²) in [5, 5.41) is 56.9. The van der Waals surface area contributed by atoms with Crippen LogP contribution in [0.4, 0.5) is 0 Å². The monoisotopic (exact) mass is 1220 g/mol. The number of aliphatic hydroxyl groups is 3. The Morgan fingerprint density at radius 3 is 1.84 bits per heavy atom. The quantitative estimate of drug-likeness (QED) is 0.0384. The minimum Gasteiger partial charge on any atom is -0.480 e. The molecule has 2 aliphatic rings. The number of aliphatic hydroxyl groups excluding tert-OH is 3. The van der Waals surface area contributed by atoms with Crippen LogP contribution in [0.3, 0.4) is 0 Å². The van der Waals surface area contributed by atoms with Crippen molar-refractivity contribution in [3.05, 3.63) is 18.2 Å². The van der Waals surface area contributed by atoms with Crippen LogP contribution in [0.5, 0.6) is 0 Å². The minimum atomic E-state index is -1.75. The molecule has 8 amide bonds. The third-order valence-corrected chi connectivity index (χ3v) is 16.1. The summed E-state index contributed by atoms with van der Waals surface area (Å²) >= 11 is 0. The van der Waals surface area contributed by atoms with Crippen LogP contribution in [0.2, 0.25) is 0 Å². The Labute approximate surface area is 507 Å². The Morgan fingerprint density at radius 2 is 1.29 bits per heavy atom. The van der Waals surface area contributed by atoms with E-state index in [1.807, 2.05) is 0 Å². The lowest BCUT2D eigenvalue weighted by atomic mass is 9.99. The van der Waals surface area contributed by atoms with Crippen LogP contribution in [-0.4, -0.2) is 180 Å². The Balaban J connectivity index is 1.39. The second-order valence-corrected chi connectivity index (χ2v) is 24.1. The number of aromatic amines is 1. The van der Waals surface area contributed by atoms with Gasteiger partial charge in [-0.2, -0.15) is 0 Å². The van der Waals surface area contributed by atoms with Crippen molar-refractivity contribution in [1.29, 1.82) is 0 Å². The lowest BCUT2D eigenvalue weighted by Crippen LogP contribution is -2.62. The highest BCUT2D eigenvalue weighted by Gasteiger charge is 2.42. The lowest BCUT2D eigenvalue weighted by Gasteiger charge is -2.35. The maximum atomic E-state index is 14.4. The Hall–Kier alpha value is -5.84. The molecule has 490 valence electrons. The van der Waals surface area contributed by atoms with Crippen molar-refractivity contribution in [3.63, 3.8) is 0 Å². The van der Waals surface area contributed by atoms with E-state index in [-0.39, 0.29) is 44.8 Å². The summed E-state index contributed by atoms with van der Waals surface area (Å²) < 4.78 is 0.